The largest absolute Gasteiger partial charge is 0.264 e. The Morgan fingerprint density at radius 3 is 0.789 bits per heavy atom. The minimum atomic E-state index is 0.294. The van der Waals surface area contributed by atoms with E-state index in [1.165, 1.54) is 80.8 Å². The fourth-order valence-corrected chi connectivity index (χ4v) is 13.8. The van der Waals surface area contributed by atoms with Gasteiger partial charge in [0.15, 0.2) is 0 Å². The molecule has 12 aromatic carbocycles. The van der Waals surface area contributed by atoms with Crippen molar-refractivity contribution in [2.45, 2.75) is 34.5 Å². The number of hydrogen-bond donors (Lipinski definition) is 0. The van der Waals surface area contributed by atoms with Gasteiger partial charge in [-0.05, 0) is 175 Å². The zero-order valence-corrected chi connectivity index (χ0v) is 51.7. The summed E-state index contributed by atoms with van der Waals surface area (Å²) in [5.41, 5.74) is 8.18. The summed E-state index contributed by atoms with van der Waals surface area (Å²) >= 11 is 0. The molecule has 0 atom stereocenters. The van der Waals surface area contributed by atoms with Crippen LogP contribution in [0.5, 0.6) is 0 Å². The smallest absolute Gasteiger partial charge is 0.0802 e. The normalized spacial score (nSPS) is 12.5. The lowest BCUT2D eigenvalue weighted by molar-refractivity contribution is 1.35. The molecule has 20 aromatic rings. The van der Waals surface area contributed by atoms with E-state index in [-0.39, 0.29) is 0 Å². The standard InChI is InChI=1S/2C18H13N.3C17H12N2.5H2/c1-12-8-9-14-13-5-2-3-6-15(13)18-16(17(14)11-12)7-4-10-19-18;1-12-6-7-15-13-4-2-3-5-14(13)16-8-9-19-11-18(16)17(15)10-12;1-11-2-3-12-13-4-6-18-9-16(13)17-10-19-7-5-14(17)15(12)8-11;1-11-4-5-12-13-6-8-18-10-16(13)17-14(15(12)9-11)3-2-7-19-17;1-11-4-5-12-13-3-2-7-19-17(13)14-6-8-18-10-16(14)15(12)9-11;;;;;/h2*2-11H,1H3;3*2-10H,1H3;5*1H/i5*1D;5*1+1D. The molecule has 8 nitrogen and oxygen atoms in total. The lowest BCUT2D eigenvalue weighted by Gasteiger charge is -2.10. The van der Waals surface area contributed by atoms with Crippen molar-refractivity contribution < 1.29 is 21.7 Å². The summed E-state index contributed by atoms with van der Waals surface area (Å²) in [5.74, 6) is 0. The molecule has 95 heavy (non-hydrogen) atoms. The molecular formula is C87H72N8. The van der Waals surface area contributed by atoms with E-state index >= 15 is 0 Å². The second kappa shape index (κ2) is 24.4. The summed E-state index contributed by atoms with van der Waals surface area (Å²) in [7, 11) is 0. The average Bonchev–Trinajstić information content (AvgIpc) is 0.778. The quantitative estimate of drug-likeness (QED) is 0.138. The Labute approximate surface area is 570 Å². The van der Waals surface area contributed by atoms with E-state index in [0.717, 1.165) is 109 Å². The molecule has 0 aliphatic rings. The van der Waals surface area contributed by atoms with Crippen LogP contribution in [0.3, 0.4) is 0 Å². The van der Waals surface area contributed by atoms with Crippen LogP contribution < -0.4 is 0 Å². The number of aryl methyl sites for hydroxylation is 5. The van der Waals surface area contributed by atoms with Gasteiger partial charge in [0.25, 0.3) is 0 Å². The first-order valence-electron chi connectivity index (χ1n) is 39.8. The van der Waals surface area contributed by atoms with E-state index < -0.39 is 0 Å². The summed E-state index contributed by atoms with van der Waals surface area (Å²) in [6.45, 7) is 1.51. The Bertz CT molecular complexity index is 5510. The first-order chi connectivity index (χ1) is 54.4. The summed E-state index contributed by atoms with van der Waals surface area (Å²) in [6.07, 6.45) is 24.1. The van der Waals surface area contributed by atoms with Crippen molar-refractivity contribution >= 4 is 162 Å². The number of pyridine rings is 8. The fraction of sp³-hybridized carbons (Fsp3) is 0.0575. The Morgan fingerprint density at radius 2 is 0.411 bits per heavy atom. The van der Waals surface area contributed by atoms with Gasteiger partial charge in [0.05, 0.1) is 16.6 Å². The molecule has 460 valence electrons. The van der Waals surface area contributed by atoms with Crippen molar-refractivity contribution in [3.8, 4) is 0 Å². The van der Waals surface area contributed by atoms with Crippen molar-refractivity contribution in [1.29, 1.82) is 0 Å². The van der Waals surface area contributed by atoms with Gasteiger partial charge in [0.2, 0.25) is 0 Å². The van der Waals surface area contributed by atoms with Gasteiger partial charge in [-0.15, -0.1) is 0 Å². The molecule has 0 bridgehead atoms. The van der Waals surface area contributed by atoms with Gasteiger partial charge in [-0.25, -0.2) is 0 Å². The number of nitrogens with zero attached hydrogens (tertiary/aromatic N) is 8. The molecule has 0 amide bonds. The Kier molecular flexibility index (Phi) is 12.2. The van der Waals surface area contributed by atoms with Gasteiger partial charge in [0, 0.05) is 156 Å². The fourth-order valence-electron chi connectivity index (χ4n) is 13.8. The van der Waals surface area contributed by atoms with Crippen LogP contribution in [0.1, 0.15) is 49.5 Å². The Hall–Kier alpha value is -12.3. The Balaban J connectivity index is 0.000000132. The minimum absolute atomic E-state index is 0.294. The number of rotatable bonds is 0. The molecule has 0 aliphatic carbocycles. The molecule has 0 radical (unpaired) electrons. The third-order valence-electron chi connectivity index (χ3n) is 18.0. The highest BCUT2D eigenvalue weighted by Crippen LogP contribution is 2.39. The number of aromatic nitrogens is 8. The van der Waals surface area contributed by atoms with Crippen molar-refractivity contribution in [2.24, 2.45) is 0 Å². The molecule has 0 fully saturated rings. The second-order valence-electron chi connectivity index (χ2n) is 23.8. The van der Waals surface area contributed by atoms with Crippen LogP contribution in [0.2, 0.25) is 0 Å². The van der Waals surface area contributed by atoms with E-state index in [4.69, 9.17) is 21.7 Å². The van der Waals surface area contributed by atoms with E-state index in [2.05, 4.69) is 173 Å². The molecule has 0 N–H and O–H groups in total. The highest BCUT2D eigenvalue weighted by Gasteiger charge is 2.14. The molecule has 0 aliphatic heterocycles. The second-order valence-corrected chi connectivity index (χ2v) is 23.8. The van der Waals surface area contributed by atoms with Crippen molar-refractivity contribution in [1.82, 2.24) is 39.9 Å². The predicted octanol–water partition coefficient (Wildman–Crippen LogP) is 23.7. The molecule has 8 heteroatoms. The molecule has 0 saturated carbocycles. The summed E-state index contributed by atoms with van der Waals surface area (Å²) in [6, 6.07) is 70.6. The van der Waals surface area contributed by atoms with Crippen LogP contribution in [0.15, 0.2) is 287 Å². The number of fused-ring (bicyclic) bond motifs is 30. The lowest BCUT2D eigenvalue weighted by atomic mass is 9.94. The Morgan fingerprint density at radius 1 is 0.200 bits per heavy atom. The highest BCUT2D eigenvalue weighted by atomic mass is 14.7. The monoisotopic (exact) mass is 1240 g/mol. The average molecular weight is 1240 g/mol. The van der Waals surface area contributed by atoms with Crippen LogP contribution in [0.25, 0.3) is 162 Å². The summed E-state index contributed by atoms with van der Waals surface area (Å²) in [5, 5.41) is 31.8. The van der Waals surface area contributed by atoms with Crippen molar-refractivity contribution in [3.63, 3.8) is 0 Å². The van der Waals surface area contributed by atoms with Gasteiger partial charge in [0.1, 0.15) is 0 Å². The molecule has 20 rings (SSSR count). The van der Waals surface area contributed by atoms with Gasteiger partial charge in [-0.2, -0.15) is 0 Å². The van der Waals surface area contributed by atoms with Crippen LogP contribution in [-0.2, 0) is 0 Å². The van der Waals surface area contributed by atoms with Gasteiger partial charge in [-0.1, -0.05) is 186 Å². The van der Waals surface area contributed by atoms with Crippen molar-refractivity contribution in [3.05, 3.63) is 315 Å². The molecule has 0 spiro atoms. The van der Waals surface area contributed by atoms with E-state index in [9.17, 15) is 0 Å². The van der Waals surface area contributed by atoms with Gasteiger partial charge < -0.3 is 0 Å². The first kappa shape index (κ1) is 47.6. The van der Waals surface area contributed by atoms with Gasteiger partial charge >= 0.3 is 0 Å². The van der Waals surface area contributed by atoms with E-state index in [0.29, 0.717) is 34.5 Å². The zero-order valence-electron chi connectivity index (χ0n) is 66.7. The van der Waals surface area contributed by atoms with Gasteiger partial charge in [-0.3, -0.25) is 39.9 Å². The topological polar surface area (TPSA) is 103 Å². The minimum Gasteiger partial charge on any atom is -0.264 e. The van der Waals surface area contributed by atoms with Crippen molar-refractivity contribution in [2.75, 3.05) is 0 Å². The summed E-state index contributed by atoms with van der Waals surface area (Å²) in [4.78, 5) is 34.9. The van der Waals surface area contributed by atoms with E-state index in [1.54, 1.807) is 6.20 Å². The third-order valence-corrected chi connectivity index (χ3v) is 18.0. The lowest BCUT2D eigenvalue weighted by Crippen LogP contribution is -1.87. The van der Waals surface area contributed by atoms with Crippen LogP contribution in [0, 0.1) is 34.5 Å². The van der Waals surface area contributed by atoms with Crippen LogP contribution in [0.4, 0.5) is 0 Å². The predicted molar refractivity (Wildman–Crippen MR) is 411 cm³/mol. The molecule has 0 saturated heterocycles. The molecular weight excluding hydrogens is 1160 g/mol. The zero-order chi connectivity index (χ0) is 77.6. The molecule has 8 heterocycles. The maximum atomic E-state index is 7.57. The summed E-state index contributed by atoms with van der Waals surface area (Å²) < 4.78 is 87.8. The SMILES string of the molecule is [2H]Cc1ccc2c(c1)c1cccnc1c1cnccc21.[2H]Cc1ccc2c(c1)c1cnccc1c1ncccc21.[2H]Cc1ccc2c3ccccc3c3ccncc3c2c1.[2H]Cc1ccc2c3ccccc3c3ncccc3c2c1.[2H]Cc1ccc2c3ccncc3c3cnccc3c2c1.[2H][2H].[2H][2H].[2H][2H].[2H][2H].[2H][2H]. The third kappa shape index (κ3) is 10.5. The number of benzene rings is 12. The highest BCUT2D eigenvalue weighted by molar-refractivity contribution is 6.29. The molecule has 0 unspecified atom stereocenters. The van der Waals surface area contributed by atoms with Crippen LogP contribution in [-0.4, -0.2) is 39.9 Å². The number of hydrogen-bond acceptors (Lipinski definition) is 8. The van der Waals surface area contributed by atoms with E-state index in [1.807, 2.05) is 147 Å². The van der Waals surface area contributed by atoms with Crippen LogP contribution >= 0.6 is 0 Å². The maximum absolute atomic E-state index is 7.57. The first-order valence-corrected chi connectivity index (χ1v) is 31.3. The molecule has 8 aromatic heterocycles. The maximum Gasteiger partial charge on any atom is 0.0802 e.